The van der Waals surface area contributed by atoms with E-state index in [9.17, 15) is 4.79 Å². The van der Waals surface area contributed by atoms with E-state index in [-0.39, 0.29) is 11.9 Å². The Morgan fingerprint density at radius 1 is 1.15 bits per heavy atom. The van der Waals surface area contributed by atoms with Crippen LogP contribution in [0.1, 0.15) is 18.3 Å². The lowest BCUT2D eigenvalue weighted by Crippen LogP contribution is -2.55. The number of hydrogen-bond donors (Lipinski definition) is 0. The maximum atomic E-state index is 13.0. The molecule has 0 spiro atoms. The van der Waals surface area contributed by atoms with Gasteiger partial charge in [-0.3, -0.25) is 9.69 Å². The van der Waals surface area contributed by atoms with E-state index in [0.29, 0.717) is 13.1 Å². The summed E-state index contributed by atoms with van der Waals surface area (Å²) in [6.07, 6.45) is 2.03. The summed E-state index contributed by atoms with van der Waals surface area (Å²) in [5, 5.41) is 0. The van der Waals surface area contributed by atoms with E-state index < -0.39 is 0 Å². The maximum Gasteiger partial charge on any atom is 0.244 e. The second-order valence-electron chi connectivity index (χ2n) is 6.91. The van der Waals surface area contributed by atoms with Crippen molar-refractivity contribution in [1.82, 2.24) is 14.3 Å². The standard InChI is InChI=1S/C21H24N4O2/c1-15-19(25-11-5-4-6-20(25)22-15)14-23-12-13-24(21(26)16(23)2)17-7-9-18(27-3)10-8-17/h4-11,16H,12-14H2,1-3H3/t16-/m0/s1. The molecule has 0 unspecified atom stereocenters. The largest absolute Gasteiger partial charge is 0.497 e. The lowest BCUT2D eigenvalue weighted by molar-refractivity contribution is -0.125. The third-order valence-electron chi connectivity index (χ3n) is 5.35. The molecule has 6 nitrogen and oxygen atoms in total. The number of carbonyl (C=O) groups is 1. The number of rotatable bonds is 4. The van der Waals surface area contributed by atoms with Crippen molar-refractivity contribution < 1.29 is 9.53 Å². The fourth-order valence-electron chi connectivity index (χ4n) is 3.70. The van der Waals surface area contributed by atoms with Gasteiger partial charge in [-0.05, 0) is 50.2 Å². The highest BCUT2D eigenvalue weighted by Crippen LogP contribution is 2.24. The number of nitrogens with zero attached hydrogens (tertiary/aromatic N) is 4. The quantitative estimate of drug-likeness (QED) is 0.714. The first-order chi connectivity index (χ1) is 13.1. The van der Waals surface area contributed by atoms with Crippen molar-refractivity contribution >= 4 is 17.2 Å². The van der Waals surface area contributed by atoms with Gasteiger partial charge < -0.3 is 14.0 Å². The van der Waals surface area contributed by atoms with Crippen LogP contribution in [0.5, 0.6) is 5.75 Å². The minimum Gasteiger partial charge on any atom is -0.497 e. The smallest absolute Gasteiger partial charge is 0.244 e. The summed E-state index contributed by atoms with van der Waals surface area (Å²) >= 11 is 0. The Hall–Kier alpha value is -2.86. The van der Waals surface area contributed by atoms with Gasteiger partial charge in [-0.15, -0.1) is 0 Å². The molecule has 3 aromatic rings. The molecule has 1 saturated heterocycles. The number of aryl methyl sites for hydroxylation is 1. The summed E-state index contributed by atoms with van der Waals surface area (Å²) < 4.78 is 7.32. The molecule has 2 aromatic heterocycles. The third kappa shape index (κ3) is 3.17. The molecule has 1 atom stereocenters. The first-order valence-electron chi connectivity index (χ1n) is 9.20. The zero-order valence-corrected chi connectivity index (χ0v) is 15.9. The van der Waals surface area contributed by atoms with Crippen molar-refractivity contribution in [3.8, 4) is 5.75 Å². The number of fused-ring (bicyclic) bond motifs is 1. The van der Waals surface area contributed by atoms with Gasteiger partial charge in [-0.25, -0.2) is 4.98 Å². The molecule has 0 aliphatic carbocycles. The average molecular weight is 364 g/mol. The Bertz CT molecular complexity index is 964. The number of anilines is 1. The zero-order chi connectivity index (χ0) is 19.0. The Labute approximate surface area is 159 Å². The number of amides is 1. The van der Waals surface area contributed by atoms with Crippen molar-refractivity contribution in [2.75, 3.05) is 25.1 Å². The summed E-state index contributed by atoms with van der Waals surface area (Å²) in [6.45, 7) is 6.21. The van der Waals surface area contributed by atoms with Gasteiger partial charge in [0.1, 0.15) is 11.4 Å². The Morgan fingerprint density at radius 2 is 1.93 bits per heavy atom. The molecule has 27 heavy (non-hydrogen) atoms. The van der Waals surface area contributed by atoms with Crippen molar-refractivity contribution in [3.05, 3.63) is 60.0 Å². The first kappa shape index (κ1) is 17.5. The molecule has 0 bridgehead atoms. The molecule has 1 aromatic carbocycles. The number of piperazine rings is 1. The van der Waals surface area contributed by atoms with Gasteiger partial charge in [0.15, 0.2) is 0 Å². The molecule has 4 rings (SSSR count). The van der Waals surface area contributed by atoms with E-state index in [1.165, 1.54) is 0 Å². The Balaban J connectivity index is 1.53. The van der Waals surface area contributed by atoms with E-state index in [4.69, 9.17) is 4.74 Å². The molecular formula is C21H24N4O2. The summed E-state index contributed by atoms with van der Waals surface area (Å²) in [6, 6.07) is 13.5. The Kier molecular flexibility index (Phi) is 4.58. The molecule has 140 valence electrons. The fourth-order valence-corrected chi connectivity index (χ4v) is 3.70. The minimum atomic E-state index is -0.186. The first-order valence-corrected chi connectivity index (χ1v) is 9.20. The highest BCUT2D eigenvalue weighted by atomic mass is 16.5. The number of hydrogen-bond acceptors (Lipinski definition) is 4. The molecule has 1 aliphatic rings. The van der Waals surface area contributed by atoms with Crippen LogP contribution >= 0.6 is 0 Å². The third-order valence-corrected chi connectivity index (χ3v) is 5.35. The van der Waals surface area contributed by atoms with Crippen LogP contribution in [0.25, 0.3) is 5.65 Å². The topological polar surface area (TPSA) is 50.1 Å². The number of pyridine rings is 1. The lowest BCUT2D eigenvalue weighted by Gasteiger charge is -2.39. The maximum absolute atomic E-state index is 13.0. The van der Waals surface area contributed by atoms with Crippen molar-refractivity contribution in [2.24, 2.45) is 0 Å². The van der Waals surface area contributed by atoms with E-state index >= 15 is 0 Å². The van der Waals surface area contributed by atoms with Crippen LogP contribution in [0.4, 0.5) is 5.69 Å². The minimum absolute atomic E-state index is 0.123. The predicted octanol–water partition coefficient (Wildman–Crippen LogP) is 2.89. The molecule has 3 heterocycles. The van der Waals surface area contributed by atoms with E-state index in [2.05, 4.69) is 14.3 Å². The van der Waals surface area contributed by atoms with E-state index in [1.54, 1.807) is 7.11 Å². The van der Waals surface area contributed by atoms with Gasteiger partial charge in [0.25, 0.3) is 0 Å². The number of carbonyl (C=O) groups excluding carboxylic acids is 1. The van der Waals surface area contributed by atoms with Crippen LogP contribution in [-0.4, -0.2) is 46.4 Å². The van der Waals surface area contributed by atoms with Gasteiger partial charge in [0.05, 0.1) is 24.5 Å². The Morgan fingerprint density at radius 3 is 2.67 bits per heavy atom. The molecule has 0 radical (unpaired) electrons. The fraction of sp³-hybridized carbons (Fsp3) is 0.333. The van der Waals surface area contributed by atoms with Crippen LogP contribution in [0.15, 0.2) is 48.7 Å². The average Bonchev–Trinajstić information content (AvgIpc) is 3.01. The molecule has 6 heteroatoms. The van der Waals surface area contributed by atoms with Crippen LogP contribution < -0.4 is 9.64 Å². The van der Waals surface area contributed by atoms with Gasteiger partial charge in [-0.1, -0.05) is 6.07 Å². The SMILES string of the molecule is COc1ccc(N2CCN(Cc3c(C)nc4ccccn34)[C@@H](C)C2=O)cc1. The normalized spacial score (nSPS) is 18.3. The molecule has 1 amide bonds. The highest BCUT2D eigenvalue weighted by Gasteiger charge is 2.33. The summed E-state index contributed by atoms with van der Waals surface area (Å²) in [7, 11) is 1.64. The molecule has 0 saturated carbocycles. The van der Waals surface area contributed by atoms with Crippen LogP contribution in [-0.2, 0) is 11.3 Å². The highest BCUT2D eigenvalue weighted by molar-refractivity contribution is 5.97. The zero-order valence-electron chi connectivity index (χ0n) is 15.9. The second-order valence-corrected chi connectivity index (χ2v) is 6.91. The number of ether oxygens (including phenoxy) is 1. The van der Waals surface area contributed by atoms with Crippen molar-refractivity contribution in [2.45, 2.75) is 26.4 Å². The van der Waals surface area contributed by atoms with Crippen LogP contribution in [0.3, 0.4) is 0 Å². The predicted molar refractivity (Wildman–Crippen MR) is 105 cm³/mol. The van der Waals surface area contributed by atoms with Crippen LogP contribution in [0, 0.1) is 6.92 Å². The molecular weight excluding hydrogens is 340 g/mol. The number of aromatic nitrogens is 2. The van der Waals surface area contributed by atoms with E-state index in [1.807, 2.05) is 67.4 Å². The monoisotopic (exact) mass is 364 g/mol. The van der Waals surface area contributed by atoms with Gasteiger partial charge in [0.2, 0.25) is 5.91 Å². The second kappa shape index (κ2) is 7.04. The van der Waals surface area contributed by atoms with Gasteiger partial charge >= 0.3 is 0 Å². The number of methoxy groups -OCH3 is 1. The number of benzene rings is 1. The van der Waals surface area contributed by atoms with Crippen molar-refractivity contribution in [3.63, 3.8) is 0 Å². The van der Waals surface area contributed by atoms with Crippen molar-refractivity contribution in [1.29, 1.82) is 0 Å². The molecule has 0 N–H and O–H groups in total. The van der Waals surface area contributed by atoms with Crippen LogP contribution in [0.2, 0.25) is 0 Å². The number of imidazole rings is 1. The molecule has 1 aliphatic heterocycles. The molecule has 1 fully saturated rings. The van der Waals surface area contributed by atoms with Gasteiger partial charge in [-0.2, -0.15) is 0 Å². The van der Waals surface area contributed by atoms with Gasteiger partial charge in [0, 0.05) is 31.5 Å². The summed E-state index contributed by atoms with van der Waals surface area (Å²) in [5.74, 6) is 0.916. The van der Waals surface area contributed by atoms with E-state index in [0.717, 1.165) is 35.0 Å². The lowest BCUT2D eigenvalue weighted by atomic mass is 10.1. The summed E-state index contributed by atoms with van der Waals surface area (Å²) in [4.78, 5) is 21.7. The summed E-state index contributed by atoms with van der Waals surface area (Å²) in [5.41, 5.74) is 4.01.